The molecule has 102 valence electrons. The second-order valence-electron chi connectivity index (χ2n) is 3.85. The van der Waals surface area contributed by atoms with E-state index in [1.165, 1.54) is 24.3 Å². The molecule has 2 aromatic carbocycles. The van der Waals surface area contributed by atoms with Gasteiger partial charge < -0.3 is 5.32 Å². The highest BCUT2D eigenvalue weighted by Gasteiger charge is 2.15. The van der Waals surface area contributed by atoms with Gasteiger partial charge in [0.2, 0.25) is 0 Å². The summed E-state index contributed by atoms with van der Waals surface area (Å²) in [5.41, 5.74) is 0.518. The molecule has 0 aliphatic rings. The van der Waals surface area contributed by atoms with E-state index in [-0.39, 0.29) is 21.3 Å². The van der Waals surface area contributed by atoms with Crippen LogP contribution in [0.3, 0.4) is 0 Å². The number of amides is 1. The van der Waals surface area contributed by atoms with Crippen molar-refractivity contribution in [1.29, 1.82) is 0 Å². The van der Waals surface area contributed by atoms with E-state index in [2.05, 4.69) is 5.32 Å². The molecule has 5 nitrogen and oxygen atoms in total. The van der Waals surface area contributed by atoms with Gasteiger partial charge in [-0.3, -0.25) is 14.9 Å². The minimum atomic E-state index is -0.517. The standard InChI is InChI=1S/C13H8Cl2N2O3/c14-10-2-1-3-11(15)12(10)13(18)16-8-4-6-9(7-5-8)17(19)20/h1-7H,(H,16,18). The molecule has 1 N–H and O–H groups in total. The van der Waals surface area contributed by atoms with Gasteiger partial charge in [0, 0.05) is 17.8 Å². The first-order chi connectivity index (χ1) is 9.49. The molecular formula is C13H8Cl2N2O3. The molecule has 0 unspecified atom stereocenters. The van der Waals surface area contributed by atoms with E-state index in [1.54, 1.807) is 18.2 Å². The fraction of sp³-hybridized carbons (Fsp3) is 0. The summed E-state index contributed by atoms with van der Waals surface area (Å²) in [6, 6.07) is 10.2. The number of carbonyl (C=O) groups excluding carboxylic acids is 1. The van der Waals surface area contributed by atoms with Crippen molar-refractivity contribution in [3.8, 4) is 0 Å². The van der Waals surface area contributed by atoms with E-state index in [9.17, 15) is 14.9 Å². The molecule has 0 saturated heterocycles. The summed E-state index contributed by atoms with van der Waals surface area (Å²) < 4.78 is 0. The lowest BCUT2D eigenvalue weighted by Gasteiger charge is -2.08. The fourth-order valence-corrected chi connectivity index (χ4v) is 2.14. The number of non-ortho nitro benzene ring substituents is 1. The highest BCUT2D eigenvalue weighted by molar-refractivity contribution is 6.40. The van der Waals surface area contributed by atoms with Crippen molar-refractivity contribution in [2.45, 2.75) is 0 Å². The molecule has 7 heteroatoms. The minimum absolute atomic E-state index is 0.0567. The van der Waals surface area contributed by atoms with E-state index in [1.807, 2.05) is 0 Å². The molecule has 2 rings (SSSR count). The number of halogens is 2. The van der Waals surface area contributed by atoms with E-state index in [0.29, 0.717) is 5.69 Å². The molecule has 0 atom stereocenters. The number of rotatable bonds is 3. The average Bonchev–Trinajstić information content (AvgIpc) is 2.39. The molecule has 0 aliphatic carbocycles. The van der Waals surface area contributed by atoms with Crippen LogP contribution >= 0.6 is 23.2 Å². The van der Waals surface area contributed by atoms with Crippen LogP contribution in [0.1, 0.15) is 10.4 Å². The number of carbonyl (C=O) groups is 1. The van der Waals surface area contributed by atoms with Gasteiger partial charge in [-0.2, -0.15) is 0 Å². The third-order valence-corrected chi connectivity index (χ3v) is 3.16. The Labute approximate surface area is 124 Å². The van der Waals surface area contributed by atoms with Crippen molar-refractivity contribution >= 4 is 40.5 Å². The zero-order valence-electron chi connectivity index (χ0n) is 9.97. The number of benzene rings is 2. The molecule has 0 aliphatic heterocycles. The summed E-state index contributed by atoms with van der Waals surface area (Å²) in [6.07, 6.45) is 0. The molecule has 2 aromatic rings. The average molecular weight is 311 g/mol. The quantitative estimate of drug-likeness (QED) is 0.683. The maximum absolute atomic E-state index is 12.1. The minimum Gasteiger partial charge on any atom is -0.322 e. The Morgan fingerprint density at radius 3 is 2.10 bits per heavy atom. The van der Waals surface area contributed by atoms with E-state index >= 15 is 0 Å². The van der Waals surface area contributed by atoms with Crippen molar-refractivity contribution < 1.29 is 9.72 Å². The highest BCUT2D eigenvalue weighted by atomic mass is 35.5. The van der Waals surface area contributed by atoms with Crippen LogP contribution in [-0.2, 0) is 0 Å². The smallest absolute Gasteiger partial charge is 0.269 e. The SMILES string of the molecule is O=C(Nc1ccc([N+](=O)[O-])cc1)c1c(Cl)cccc1Cl. The van der Waals surface area contributed by atoms with Crippen molar-refractivity contribution in [2.75, 3.05) is 5.32 Å². The van der Waals surface area contributed by atoms with Gasteiger partial charge in [0.1, 0.15) is 0 Å². The first-order valence-corrected chi connectivity index (χ1v) is 6.24. The predicted molar refractivity (Wildman–Crippen MR) is 77.5 cm³/mol. The van der Waals surface area contributed by atoms with Crippen molar-refractivity contribution in [3.63, 3.8) is 0 Å². The lowest BCUT2D eigenvalue weighted by atomic mass is 10.2. The molecule has 0 heterocycles. The molecule has 0 radical (unpaired) electrons. The van der Waals surface area contributed by atoms with Crippen LogP contribution < -0.4 is 5.32 Å². The molecule has 0 aromatic heterocycles. The van der Waals surface area contributed by atoms with Crippen LogP contribution in [0.4, 0.5) is 11.4 Å². The van der Waals surface area contributed by atoms with Crippen LogP contribution in [0.5, 0.6) is 0 Å². The third-order valence-electron chi connectivity index (χ3n) is 2.53. The fourth-order valence-electron chi connectivity index (χ4n) is 1.57. The zero-order chi connectivity index (χ0) is 14.7. The second kappa shape index (κ2) is 5.90. The van der Waals surface area contributed by atoms with Crippen LogP contribution in [0, 0.1) is 10.1 Å². The van der Waals surface area contributed by atoms with E-state index in [4.69, 9.17) is 23.2 Å². The van der Waals surface area contributed by atoms with Crippen LogP contribution in [0.15, 0.2) is 42.5 Å². The molecule has 0 spiro atoms. The first kappa shape index (κ1) is 14.3. The highest BCUT2D eigenvalue weighted by Crippen LogP contribution is 2.25. The molecular weight excluding hydrogens is 303 g/mol. The lowest BCUT2D eigenvalue weighted by Crippen LogP contribution is -2.13. The lowest BCUT2D eigenvalue weighted by molar-refractivity contribution is -0.384. The number of nitro groups is 1. The Hall–Kier alpha value is -2.11. The van der Waals surface area contributed by atoms with Gasteiger partial charge in [-0.05, 0) is 24.3 Å². The number of nitro benzene ring substituents is 1. The van der Waals surface area contributed by atoms with Crippen molar-refractivity contribution in [3.05, 3.63) is 68.2 Å². The van der Waals surface area contributed by atoms with Gasteiger partial charge in [-0.1, -0.05) is 29.3 Å². The van der Waals surface area contributed by atoms with Crippen molar-refractivity contribution in [2.24, 2.45) is 0 Å². The monoisotopic (exact) mass is 310 g/mol. The summed E-state index contributed by atoms with van der Waals surface area (Å²) in [5.74, 6) is -0.477. The van der Waals surface area contributed by atoms with Crippen LogP contribution in [0.25, 0.3) is 0 Å². The van der Waals surface area contributed by atoms with E-state index in [0.717, 1.165) is 0 Å². The Morgan fingerprint density at radius 2 is 1.60 bits per heavy atom. The molecule has 1 amide bonds. The Balaban J connectivity index is 2.21. The summed E-state index contributed by atoms with van der Waals surface area (Å²) in [4.78, 5) is 22.1. The second-order valence-corrected chi connectivity index (χ2v) is 4.67. The van der Waals surface area contributed by atoms with Gasteiger partial charge in [0.25, 0.3) is 11.6 Å². The van der Waals surface area contributed by atoms with Gasteiger partial charge in [-0.15, -0.1) is 0 Å². The summed E-state index contributed by atoms with van der Waals surface area (Å²) in [7, 11) is 0. The topological polar surface area (TPSA) is 72.2 Å². The van der Waals surface area contributed by atoms with Gasteiger partial charge in [0.15, 0.2) is 0 Å². The Bertz CT molecular complexity index is 652. The molecule has 0 bridgehead atoms. The van der Waals surface area contributed by atoms with Gasteiger partial charge in [-0.25, -0.2) is 0 Å². The Morgan fingerprint density at radius 1 is 1.05 bits per heavy atom. The van der Waals surface area contributed by atoms with E-state index < -0.39 is 10.8 Å². The van der Waals surface area contributed by atoms with Gasteiger partial charge >= 0.3 is 0 Å². The zero-order valence-corrected chi connectivity index (χ0v) is 11.5. The summed E-state index contributed by atoms with van der Waals surface area (Å²) >= 11 is 11.8. The van der Waals surface area contributed by atoms with Crippen molar-refractivity contribution in [1.82, 2.24) is 0 Å². The maximum atomic E-state index is 12.1. The molecule has 0 fully saturated rings. The largest absolute Gasteiger partial charge is 0.322 e. The normalized spacial score (nSPS) is 10.1. The maximum Gasteiger partial charge on any atom is 0.269 e. The predicted octanol–water partition coefficient (Wildman–Crippen LogP) is 4.15. The number of hydrogen-bond acceptors (Lipinski definition) is 3. The molecule has 0 saturated carbocycles. The first-order valence-electron chi connectivity index (χ1n) is 5.49. The number of anilines is 1. The van der Waals surface area contributed by atoms with Gasteiger partial charge in [0.05, 0.1) is 20.5 Å². The summed E-state index contributed by atoms with van der Waals surface area (Å²) in [5, 5.41) is 13.6. The number of hydrogen-bond donors (Lipinski definition) is 1. The number of nitrogens with one attached hydrogen (secondary N) is 1. The number of nitrogens with zero attached hydrogens (tertiary/aromatic N) is 1. The molecule has 20 heavy (non-hydrogen) atoms. The van der Waals surface area contributed by atoms with Crippen LogP contribution in [0.2, 0.25) is 10.0 Å². The summed E-state index contributed by atoms with van der Waals surface area (Å²) in [6.45, 7) is 0. The van der Waals surface area contributed by atoms with Crippen LogP contribution in [-0.4, -0.2) is 10.8 Å². The third kappa shape index (κ3) is 3.07. The Kier molecular flexibility index (Phi) is 4.22.